The Balaban J connectivity index is 1.71. The molecule has 0 atom stereocenters. The highest BCUT2D eigenvalue weighted by molar-refractivity contribution is 7.90. The normalized spacial score (nSPS) is 11.8. The van der Waals surface area contributed by atoms with E-state index in [2.05, 4.69) is 15.0 Å². The van der Waals surface area contributed by atoms with Crippen LogP contribution in [0, 0.1) is 13.0 Å². The van der Waals surface area contributed by atoms with Crippen molar-refractivity contribution in [3.05, 3.63) is 81.7 Å². The van der Waals surface area contributed by atoms with Crippen LogP contribution in [0.2, 0.25) is 10.0 Å². The molecule has 4 aromatic rings. The first-order chi connectivity index (χ1) is 15.2. The first-order valence-corrected chi connectivity index (χ1v) is 12.2. The van der Waals surface area contributed by atoms with Gasteiger partial charge in [0.2, 0.25) is 0 Å². The molecule has 0 radical (unpaired) electrons. The molecule has 32 heavy (non-hydrogen) atoms. The molecule has 0 aliphatic carbocycles. The lowest BCUT2D eigenvalue weighted by Crippen LogP contribution is -2.08. The van der Waals surface area contributed by atoms with Gasteiger partial charge in [-0.15, -0.1) is 0 Å². The maximum absolute atomic E-state index is 13.5. The molecule has 0 saturated heterocycles. The van der Waals surface area contributed by atoms with E-state index in [1.54, 1.807) is 12.1 Å². The topological polar surface area (TPSA) is 72.8 Å². The van der Waals surface area contributed by atoms with Gasteiger partial charge in [-0.2, -0.15) is 4.39 Å². The maximum atomic E-state index is 13.5. The van der Waals surface area contributed by atoms with E-state index in [9.17, 15) is 12.8 Å². The van der Waals surface area contributed by atoms with Crippen LogP contribution in [0.5, 0.6) is 0 Å². The third-order valence-electron chi connectivity index (χ3n) is 5.16. The molecule has 0 saturated carbocycles. The summed E-state index contributed by atoms with van der Waals surface area (Å²) >= 11 is 12.1. The number of pyridine rings is 1. The molecular weight excluding hydrogens is 472 g/mol. The van der Waals surface area contributed by atoms with Gasteiger partial charge in [-0.3, -0.25) is 4.98 Å². The summed E-state index contributed by atoms with van der Waals surface area (Å²) in [4.78, 5) is 12.1. The number of hydrogen-bond donors (Lipinski definition) is 0. The van der Waals surface area contributed by atoms with E-state index in [1.165, 1.54) is 18.3 Å². The number of rotatable bonds is 5. The monoisotopic (exact) mass is 489 g/mol. The number of sulfone groups is 1. The second-order valence-electron chi connectivity index (χ2n) is 7.31. The molecule has 0 amide bonds. The molecule has 0 spiro atoms. The molecular formula is C23H18Cl2FN3O2S. The lowest BCUT2D eigenvalue weighted by Gasteiger charge is -2.12. The summed E-state index contributed by atoms with van der Waals surface area (Å²) in [5.74, 6) is -0.306. The van der Waals surface area contributed by atoms with Gasteiger partial charge in [0.15, 0.2) is 9.84 Å². The summed E-state index contributed by atoms with van der Waals surface area (Å²) in [6.07, 6.45) is 1.37. The number of aryl methyl sites for hydroxylation is 2. The Bertz CT molecular complexity index is 1460. The lowest BCUT2D eigenvalue weighted by atomic mass is 9.98. The van der Waals surface area contributed by atoms with Gasteiger partial charge < -0.3 is 0 Å². The summed E-state index contributed by atoms with van der Waals surface area (Å²) < 4.78 is 39.2. The van der Waals surface area contributed by atoms with Crippen LogP contribution in [0.15, 0.2) is 53.6 Å². The van der Waals surface area contributed by atoms with Crippen molar-refractivity contribution >= 4 is 43.9 Å². The molecule has 164 valence electrons. The average Bonchev–Trinajstić information content (AvgIpc) is 2.74. The highest BCUT2D eigenvalue weighted by Gasteiger charge is 2.21. The van der Waals surface area contributed by atoms with Crippen LogP contribution in [0.4, 0.5) is 4.39 Å². The summed E-state index contributed by atoms with van der Waals surface area (Å²) in [5.41, 5.74) is 4.24. The van der Waals surface area contributed by atoms with Gasteiger partial charge in [-0.1, -0.05) is 42.3 Å². The van der Waals surface area contributed by atoms with Crippen molar-refractivity contribution in [3.63, 3.8) is 0 Å². The van der Waals surface area contributed by atoms with Crippen molar-refractivity contribution in [2.75, 3.05) is 0 Å². The SMILES string of the molecule is CCc1cc(-c2ccc(CS(=O)(=O)c3cccc(Cl)c3Cl)nc2C)cc2cnc(F)nc12. The summed E-state index contributed by atoms with van der Waals surface area (Å²) in [6.45, 7) is 3.79. The van der Waals surface area contributed by atoms with Crippen LogP contribution in [-0.4, -0.2) is 23.4 Å². The molecule has 0 bridgehead atoms. The third kappa shape index (κ3) is 4.33. The minimum Gasteiger partial charge on any atom is -0.256 e. The second-order valence-corrected chi connectivity index (χ2v) is 10.1. The van der Waals surface area contributed by atoms with Gasteiger partial charge in [0.25, 0.3) is 0 Å². The molecule has 0 fully saturated rings. The Morgan fingerprint density at radius 1 is 1.06 bits per heavy atom. The van der Waals surface area contributed by atoms with E-state index in [0.29, 0.717) is 23.3 Å². The maximum Gasteiger partial charge on any atom is 0.309 e. The van der Waals surface area contributed by atoms with Crippen molar-refractivity contribution < 1.29 is 12.8 Å². The predicted octanol–water partition coefficient (Wildman–Crippen LogP) is 5.98. The number of benzene rings is 2. The van der Waals surface area contributed by atoms with E-state index in [4.69, 9.17) is 23.2 Å². The Morgan fingerprint density at radius 3 is 2.56 bits per heavy atom. The van der Waals surface area contributed by atoms with E-state index in [0.717, 1.165) is 22.1 Å². The van der Waals surface area contributed by atoms with E-state index < -0.39 is 15.9 Å². The lowest BCUT2D eigenvalue weighted by molar-refractivity contribution is 0.544. The molecule has 2 aromatic heterocycles. The van der Waals surface area contributed by atoms with Gasteiger partial charge in [-0.05, 0) is 54.8 Å². The van der Waals surface area contributed by atoms with Crippen molar-refractivity contribution in [2.24, 2.45) is 0 Å². The summed E-state index contributed by atoms with van der Waals surface area (Å²) in [6, 6.07) is 11.8. The minimum atomic E-state index is -3.74. The molecule has 2 heterocycles. The van der Waals surface area contributed by atoms with Crippen LogP contribution in [-0.2, 0) is 22.0 Å². The number of halogens is 3. The number of nitrogens with zero attached hydrogens (tertiary/aromatic N) is 3. The van der Waals surface area contributed by atoms with Gasteiger partial charge in [0.1, 0.15) is 0 Å². The fraction of sp³-hybridized carbons (Fsp3) is 0.174. The van der Waals surface area contributed by atoms with E-state index in [-0.39, 0.29) is 20.7 Å². The average molecular weight is 490 g/mol. The fourth-order valence-corrected chi connectivity index (χ4v) is 5.70. The van der Waals surface area contributed by atoms with Crippen molar-refractivity contribution in [1.82, 2.24) is 15.0 Å². The first kappa shape index (κ1) is 22.6. The van der Waals surface area contributed by atoms with Gasteiger partial charge in [-0.25, -0.2) is 18.4 Å². The van der Waals surface area contributed by atoms with Gasteiger partial charge in [0.05, 0.1) is 31.9 Å². The standard InChI is InChI=1S/C23H18Cl2FN3O2S/c1-3-14-9-15(10-16-11-27-23(26)29-22(14)16)18-8-7-17(28-13(18)2)12-32(30,31)20-6-4-5-19(24)21(20)25/h4-11H,3,12H2,1-2H3. The van der Waals surface area contributed by atoms with Gasteiger partial charge >= 0.3 is 6.08 Å². The zero-order chi connectivity index (χ0) is 23.0. The zero-order valence-corrected chi connectivity index (χ0v) is 19.6. The Morgan fingerprint density at radius 2 is 1.84 bits per heavy atom. The smallest absolute Gasteiger partial charge is 0.256 e. The molecule has 5 nitrogen and oxygen atoms in total. The van der Waals surface area contributed by atoms with Crippen LogP contribution in [0.25, 0.3) is 22.0 Å². The summed E-state index contributed by atoms with van der Waals surface area (Å²) in [5, 5.41) is 0.908. The number of aromatic nitrogens is 3. The van der Waals surface area contributed by atoms with Crippen LogP contribution in [0.3, 0.4) is 0 Å². The first-order valence-electron chi connectivity index (χ1n) is 9.78. The quantitative estimate of drug-likeness (QED) is 0.322. The molecule has 4 rings (SSSR count). The van der Waals surface area contributed by atoms with Gasteiger partial charge in [0, 0.05) is 22.8 Å². The molecule has 0 N–H and O–H groups in total. The highest BCUT2D eigenvalue weighted by atomic mass is 35.5. The molecule has 9 heteroatoms. The zero-order valence-electron chi connectivity index (χ0n) is 17.2. The Hall–Kier alpha value is -2.61. The number of hydrogen-bond acceptors (Lipinski definition) is 5. The predicted molar refractivity (Wildman–Crippen MR) is 124 cm³/mol. The largest absolute Gasteiger partial charge is 0.309 e. The number of fused-ring (bicyclic) bond motifs is 1. The third-order valence-corrected chi connectivity index (χ3v) is 7.77. The van der Waals surface area contributed by atoms with E-state index in [1.807, 2.05) is 32.0 Å². The van der Waals surface area contributed by atoms with Crippen molar-refractivity contribution in [1.29, 1.82) is 0 Å². The summed E-state index contributed by atoms with van der Waals surface area (Å²) in [7, 11) is -3.74. The Labute approximate surface area is 195 Å². The van der Waals surface area contributed by atoms with Crippen LogP contribution >= 0.6 is 23.2 Å². The molecule has 0 aliphatic rings. The van der Waals surface area contributed by atoms with Crippen molar-refractivity contribution in [3.8, 4) is 11.1 Å². The Kier molecular flexibility index (Phi) is 6.16. The van der Waals surface area contributed by atoms with Crippen molar-refractivity contribution in [2.45, 2.75) is 30.9 Å². The fourth-order valence-electron chi connectivity index (χ4n) is 3.62. The van der Waals surface area contributed by atoms with Crippen LogP contribution in [0.1, 0.15) is 23.9 Å². The second kappa shape index (κ2) is 8.73. The molecule has 2 aromatic carbocycles. The molecule has 0 unspecified atom stereocenters. The van der Waals surface area contributed by atoms with E-state index >= 15 is 0 Å². The van der Waals surface area contributed by atoms with Crippen LogP contribution < -0.4 is 0 Å². The highest BCUT2D eigenvalue weighted by Crippen LogP contribution is 2.32. The minimum absolute atomic E-state index is 0.00410. The molecule has 0 aliphatic heterocycles.